The van der Waals surface area contributed by atoms with Crippen molar-refractivity contribution in [2.24, 2.45) is 11.7 Å². The average Bonchev–Trinajstić information content (AvgIpc) is 2.15. The smallest absolute Gasteiger partial charge is 0.332 e. The Kier molecular flexibility index (Phi) is 6.67. The molecule has 2 unspecified atom stereocenters. The van der Waals surface area contributed by atoms with E-state index in [4.69, 9.17) is 15.9 Å². The van der Waals surface area contributed by atoms with Gasteiger partial charge in [-0.25, -0.2) is 4.79 Å². The van der Waals surface area contributed by atoms with Gasteiger partial charge in [-0.3, -0.25) is 4.79 Å². The lowest BCUT2D eigenvalue weighted by atomic mass is 10.0. The molecule has 0 saturated carbocycles. The monoisotopic (exact) mass is 232 g/mol. The SMILES string of the molecule is CC(C)CC(N)C(=O)NCCC(O)C(=O)O. The molecule has 0 radical (unpaired) electrons. The first kappa shape index (κ1) is 14.9. The van der Waals surface area contributed by atoms with Crippen LogP contribution in [0.3, 0.4) is 0 Å². The Balaban J connectivity index is 3.77. The zero-order valence-electron chi connectivity index (χ0n) is 9.64. The largest absolute Gasteiger partial charge is 0.479 e. The van der Waals surface area contributed by atoms with Gasteiger partial charge in [-0.2, -0.15) is 0 Å². The minimum atomic E-state index is -1.44. The van der Waals surface area contributed by atoms with Crippen molar-refractivity contribution in [3.63, 3.8) is 0 Å². The molecule has 5 N–H and O–H groups in total. The molecule has 0 aromatic rings. The zero-order valence-corrected chi connectivity index (χ0v) is 9.64. The van der Waals surface area contributed by atoms with Gasteiger partial charge in [0.1, 0.15) is 0 Å². The van der Waals surface area contributed by atoms with Crippen molar-refractivity contribution in [1.82, 2.24) is 5.32 Å². The van der Waals surface area contributed by atoms with Crippen LogP contribution in [0.2, 0.25) is 0 Å². The topological polar surface area (TPSA) is 113 Å². The molecule has 0 aliphatic carbocycles. The van der Waals surface area contributed by atoms with Crippen LogP contribution in [0.25, 0.3) is 0 Å². The molecule has 0 saturated heterocycles. The van der Waals surface area contributed by atoms with Crippen LogP contribution >= 0.6 is 0 Å². The van der Waals surface area contributed by atoms with Gasteiger partial charge in [0.05, 0.1) is 6.04 Å². The fourth-order valence-electron chi connectivity index (χ4n) is 1.20. The maximum atomic E-state index is 11.4. The van der Waals surface area contributed by atoms with Crippen LogP contribution in [0.15, 0.2) is 0 Å². The summed E-state index contributed by atoms with van der Waals surface area (Å²) in [5.74, 6) is -1.28. The van der Waals surface area contributed by atoms with Crippen LogP contribution in [0, 0.1) is 5.92 Å². The van der Waals surface area contributed by atoms with Crippen LogP contribution in [-0.2, 0) is 9.59 Å². The highest BCUT2D eigenvalue weighted by molar-refractivity contribution is 5.81. The molecule has 0 spiro atoms. The number of rotatable bonds is 7. The summed E-state index contributed by atoms with van der Waals surface area (Å²) in [5, 5.41) is 19.8. The third-order valence-corrected chi connectivity index (χ3v) is 2.06. The number of hydrogen-bond acceptors (Lipinski definition) is 4. The highest BCUT2D eigenvalue weighted by Crippen LogP contribution is 2.02. The molecule has 6 heteroatoms. The van der Waals surface area contributed by atoms with Crippen molar-refractivity contribution in [2.75, 3.05) is 6.54 Å². The van der Waals surface area contributed by atoms with Crippen LogP contribution in [0.1, 0.15) is 26.7 Å². The second kappa shape index (κ2) is 7.19. The summed E-state index contributed by atoms with van der Waals surface area (Å²) in [6.07, 6.45) is -0.885. The van der Waals surface area contributed by atoms with Gasteiger partial charge in [-0.15, -0.1) is 0 Å². The Morgan fingerprint density at radius 3 is 2.38 bits per heavy atom. The van der Waals surface area contributed by atoms with Gasteiger partial charge in [0.15, 0.2) is 6.10 Å². The van der Waals surface area contributed by atoms with Crippen molar-refractivity contribution < 1.29 is 19.8 Å². The Morgan fingerprint density at radius 1 is 1.38 bits per heavy atom. The van der Waals surface area contributed by atoms with E-state index in [0.717, 1.165) is 0 Å². The zero-order chi connectivity index (χ0) is 12.7. The number of carboxylic acids is 1. The second-order valence-corrected chi connectivity index (χ2v) is 4.17. The summed E-state index contributed by atoms with van der Waals surface area (Å²) in [5.41, 5.74) is 5.60. The lowest BCUT2D eigenvalue weighted by Crippen LogP contribution is -2.42. The molecule has 0 aliphatic rings. The summed E-state index contributed by atoms with van der Waals surface area (Å²) in [6.45, 7) is 4.03. The van der Waals surface area contributed by atoms with E-state index in [2.05, 4.69) is 5.32 Å². The number of amides is 1. The van der Waals surface area contributed by atoms with Gasteiger partial charge in [0.25, 0.3) is 0 Å². The van der Waals surface area contributed by atoms with Crippen molar-refractivity contribution in [2.45, 2.75) is 38.8 Å². The number of carbonyl (C=O) groups excluding carboxylic acids is 1. The fraction of sp³-hybridized carbons (Fsp3) is 0.800. The van der Waals surface area contributed by atoms with E-state index in [1.54, 1.807) is 0 Å². The van der Waals surface area contributed by atoms with Crippen LogP contribution in [0.5, 0.6) is 0 Å². The van der Waals surface area contributed by atoms with Gasteiger partial charge >= 0.3 is 5.97 Å². The van der Waals surface area contributed by atoms with E-state index in [-0.39, 0.29) is 18.9 Å². The standard InChI is InChI=1S/C10H20N2O4/c1-6(2)5-7(11)9(14)12-4-3-8(13)10(15)16/h6-8,13H,3-5,11H2,1-2H3,(H,12,14)(H,15,16). The lowest BCUT2D eigenvalue weighted by Gasteiger charge is -2.14. The highest BCUT2D eigenvalue weighted by Gasteiger charge is 2.16. The normalized spacial score (nSPS) is 14.6. The Hall–Kier alpha value is -1.14. The number of aliphatic hydroxyl groups excluding tert-OH is 1. The summed E-state index contributed by atoms with van der Waals surface area (Å²) in [4.78, 5) is 21.6. The fourth-order valence-corrected chi connectivity index (χ4v) is 1.20. The summed E-state index contributed by atoms with van der Waals surface area (Å²) < 4.78 is 0. The molecular formula is C10H20N2O4. The minimum Gasteiger partial charge on any atom is -0.479 e. The molecule has 94 valence electrons. The number of carbonyl (C=O) groups is 2. The van der Waals surface area contributed by atoms with Crippen LogP contribution in [0.4, 0.5) is 0 Å². The molecule has 0 aromatic carbocycles. The molecule has 0 rings (SSSR count). The Morgan fingerprint density at radius 2 is 1.94 bits per heavy atom. The summed E-state index contributed by atoms with van der Waals surface area (Å²) in [7, 11) is 0. The number of aliphatic hydroxyl groups is 1. The first-order chi connectivity index (χ1) is 7.34. The first-order valence-electron chi connectivity index (χ1n) is 5.28. The van der Waals surface area contributed by atoms with Gasteiger partial charge < -0.3 is 21.3 Å². The maximum absolute atomic E-state index is 11.4. The molecule has 0 bridgehead atoms. The predicted molar refractivity (Wildman–Crippen MR) is 58.7 cm³/mol. The van der Waals surface area contributed by atoms with E-state index in [1.807, 2.05) is 13.8 Å². The predicted octanol–water partition coefficient (Wildman–Crippen LogP) is -0.688. The number of hydrogen-bond donors (Lipinski definition) is 4. The van der Waals surface area contributed by atoms with Crippen molar-refractivity contribution in [3.8, 4) is 0 Å². The molecule has 0 heterocycles. The third kappa shape index (κ3) is 6.36. The first-order valence-corrected chi connectivity index (χ1v) is 5.28. The molecule has 16 heavy (non-hydrogen) atoms. The van der Waals surface area contributed by atoms with Crippen molar-refractivity contribution >= 4 is 11.9 Å². The number of carboxylic acid groups (broad SMARTS) is 1. The highest BCUT2D eigenvalue weighted by atomic mass is 16.4. The van der Waals surface area contributed by atoms with Gasteiger partial charge in [0, 0.05) is 13.0 Å². The number of nitrogens with one attached hydrogen (secondary N) is 1. The number of aliphatic carboxylic acids is 1. The van der Waals surface area contributed by atoms with E-state index in [9.17, 15) is 9.59 Å². The van der Waals surface area contributed by atoms with Crippen LogP contribution in [-0.4, -0.2) is 40.8 Å². The van der Waals surface area contributed by atoms with Gasteiger partial charge in [0.2, 0.25) is 5.91 Å². The molecular weight excluding hydrogens is 212 g/mol. The maximum Gasteiger partial charge on any atom is 0.332 e. The number of nitrogens with two attached hydrogens (primary N) is 1. The quantitative estimate of drug-likeness (QED) is 0.464. The van der Waals surface area contributed by atoms with Crippen molar-refractivity contribution in [3.05, 3.63) is 0 Å². The average molecular weight is 232 g/mol. The van der Waals surface area contributed by atoms with Gasteiger partial charge in [-0.05, 0) is 12.3 Å². The van der Waals surface area contributed by atoms with Crippen LogP contribution < -0.4 is 11.1 Å². The molecule has 6 nitrogen and oxygen atoms in total. The second-order valence-electron chi connectivity index (χ2n) is 4.17. The molecule has 0 aromatic heterocycles. The molecule has 0 fully saturated rings. The minimum absolute atomic E-state index is 0.0184. The van der Waals surface area contributed by atoms with E-state index >= 15 is 0 Å². The van der Waals surface area contributed by atoms with E-state index < -0.39 is 18.1 Å². The summed E-state index contributed by atoms with van der Waals surface area (Å²) >= 11 is 0. The molecule has 0 aliphatic heterocycles. The lowest BCUT2D eigenvalue weighted by molar-refractivity contribution is -0.147. The Labute approximate surface area is 94.8 Å². The van der Waals surface area contributed by atoms with Gasteiger partial charge in [-0.1, -0.05) is 13.8 Å². The molecule has 2 atom stereocenters. The van der Waals surface area contributed by atoms with E-state index in [0.29, 0.717) is 12.3 Å². The molecule has 1 amide bonds. The van der Waals surface area contributed by atoms with E-state index in [1.165, 1.54) is 0 Å². The van der Waals surface area contributed by atoms with Crippen molar-refractivity contribution in [1.29, 1.82) is 0 Å². The summed E-state index contributed by atoms with van der Waals surface area (Å²) in [6, 6.07) is -0.582. The Bertz CT molecular complexity index is 243. The third-order valence-electron chi connectivity index (χ3n) is 2.06.